The predicted octanol–water partition coefficient (Wildman–Crippen LogP) is 3.68. The second-order valence-corrected chi connectivity index (χ2v) is 4.73. The summed E-state index contributed by atoms with van der Waals surface area (Å²) in [7, 11) is 0. The molecule has 1 unspecified atom stereocenters. The zero-order valence-corrected chi connectivity index (χ0v) is 11.3. The van der Waals surface area contributed by atoms with Gasteiger partial charge in [0.05, 0.1) is 11.1 Å². The Morgan fingerprint density at radius 1 is 1.16 bits per heavy atom. The van der Waals surface area contributed by atoms with E-state index in [1.54, 1.807) is 49.4 Å². The Morgan fingerprint density at radius 2 is 1.84 bits per heavy atom. The number of aliphatic hydroxyl groups excluding tert-OH is 1. The lowest BCUT2D eigenvalue weighted by molar-refractivity contribution is 0.199. The van der Waals surface area contributed by atoms with Crippen molar-refractivity contribution >= 4 is 11.6 Å². The molecular formula is C15H15ClO3. The fraction of sp³-hybridized carbons (Fsp3) is 0.200. The first-order valence-electron chi connectivity index (χ1n) is 5.94. The van der Waals surface area contributed by atoms with E-state index in [1.165, 1.54) is 0 Å². The average Bonchev–Trinajstić information content (AvgIpc) is 2.39. The van der Waals surface area contributed by atoms with Crippen molar-refractivity contribution in [2.24, 2.45) is 0 Å². The summed E-state index contributed by atoms with van der Waals surface area (Å²) >= 11 is 6.09. The monoisotopic (exact) mass is 278 g/mol. The van der Waals surface area contributed by atoms with Gasteiger partial charge >= 0.3 is 0 Å². The molecule has 2 aromatic carbocycles. The molecule has 0 amide bonds. The van der Waals surface area contributed by atoms with E-state index in [1.807, 2.05) is 0 Å². The van der Waals surface area contributed by atoms with Crippen LogP contribution in [0.4, 0.5) is 0 Å². The van der Waals surface area contributed by atoms with E-state index >= 15 is 0 Å². The molecule has 2 N–H and O–H groups in total. The maximum Gasteiger partial charge on any atom is 0.138 e. The van der Waals surface area contributed by atoms with Crippen molar-refractivity contribution in [2.45, 2.75) is 19.6 Å². The van der Waals surface area contributed by atoms with Crippen molar-refractivity contribution in [3.8, 4) is 11.5 Å². The summed E-state index contributed by atoms with van der Waals surface area (Å²) in [4.78, 5) is 0. The van der Waals surface area contributed by atoms with Gasteiger partial charge in [0.25, 0.3) is 0 Å². The summed E-state index contributed by atoms with van der Waals surface area (Å²) in [5, 5.41) is 19.1. The molecule has 0 spiro atoms. The van der Waals surface area contributed by atoms with E-state index in [0.29, 0.717) is 17.4 Å². The van der Waals surface area contributed by atoms with Crippen LogP contribution in [-0.2, 0) is 6.61 Å². The molecule has 2 rings (SSSR count). The second kappa shape index (κ2) is 5.95. The summed E-state index contributed by atoms with van der Waals surface area (Å²) in [6, 6.07) is 12.0. The third kappa shape index (κ3) is 3.63. The van der Waals surface area contributed by atoms with Gasteiger partial charge in [0.15, 0.2) is 0 Å². The number of phenols is 1. The van der Waals surface area contributed by atoms with E-state index in [2.05, 4.69) is 0 Å². The van der Waals surface area contributed by atoms with E-state index in [4.69, 9.17) is 16.3 Å². The Kier molecular flexibility index (Phi) is 4.30. The molecule has 0 saturated carbocycles. The highest BCUT2D eigenvalue weighted by Gasteiger charge is 2.06. The second-order valence-electron chi connectivity index (χ2n) is 4.32. The van der Waals surface area contributed by atoms with Crippen LogP contribution in [0.5, 0.6) is 11.5 Å². The van der Waals surface area contributed by atoms with E-state index in [-0.39, 0.29) is 5.75 Å². The first-order valence-corrected chi connectivity index (χ1v) is 6.32. The number of aliphatic hydroxyl groups is 1. The van der Waals surface area contributed by atoms with Crippen LogP contribution in [0.15, 0.2) is 42.5 Å². The number of hydrogen-bond acceptors (Lipinski definition) is 3. The molecule has 0 saturated heterocycles. The van der Waals surface area contributed by atoms with Gasteiger partial charge in [0.1, 0.15) is 18.1 Å². The van der Waals surface area contributed by atoms with Crippen molar-refractivity contribution < 1.29 is 14.9 Å². The van der Waals surface area contributed by atoms with E-state index < -0.39 is 6.10 Å². The molecule has 0 radical (unpaired) electrons. The number of aromatic hydroxyl groups is 1. The van der Waals surface area contributed by atoms with Gasteiger partial charge in [-0.05, 0) is 42.3 Å². The lowest BCUT2D eigenvalue weighted by Crippen LogP contribution is -1.97. The van der Waals surface area contributed by atoms with Crippen LogP contribution < -0.4 is 4.74 Å². The van der Waals surface area contributed by atoms with Crippen LogP contribution in [0.3, 0.4) is 0 Å². The minimum Gasteiger partial charge on any atom is -0.508 e. The normalized spacial score (nSPS) is 12.2. The van der Waals surface area contributed by atoms with Gasteiger partial charge in [-0.3, -0.25) is 0 Å². The molecule has 100 valence electrons. The Balaban J connectivity index is 2.05. The number of benzene rings is 2. The molecule has 0 aliphatic heterocycles. The lowest BCUT2D eigenvalue weighted by atomic mass is 10.1. The minimum absolute atomic E-state index is 0.225. The topological polar surface area (TPSA) is 49.7 Å². The zero-order chi connectivity index (χ0) is 13.8. The molecule has 2 aromatic rings. The maximum absolute atomic E-state index is 9.45. The molecular weight excluding hydrogens is 264 g/mol. The van der Waals surface area contributed by atoms with Crippen molar-refractivity contribution in [2.75, 3.05) is 0 Å². The average molecular weight is 279 g/mol. The van der Waals surface area contributed by atoms with Crippen LogP contribution in [0, 0.1) is 0 Å². The van der Waals surface area contributed by atoms with E-state index in [0.717, 1.165) is 11.1 Å². The summed E-state index contributed by atoms with van der Waals surface area (Å²) in [6.45, 7) is 2.05. The standard InChI is InChI=1S/C15H15ClO3/c1-10(17)12-4-7-15(14(16)8-12)19-9-11-2-5-13(18)6-3-11/h2-8,10,17-18H,9H2,1H3. The van der Waals surface area contributed by atoms with Crippen molar-refractivity contribution in [3.63, 3.8) is 0 Å². The van der Waals surface area contributed by atoms with Crippen LogP contribution >= 0.6 is 11.6 Å². The Hall–Kier alpha value is -1.71. The van der Waals surface area contributed by atoms with Gasteiger partial charge in [0, 0.05) is 0 Å². The number of hydrogen-bond donors (Lipinski definition) is 2. The SMILES string of the molecule is CC(O)c1ccc(OCc2ccc(O)cc2)c(Cl)c1. The molecule has 0 aliphatic rings. The minimum atomic E-state index is -0.552. The highest BCUT2D eigenvalue weighted by molar-refractivity contribution is 6.32. The Morgan fingerprint density at radius 3 is 2.42 bits per heavy atom. The summed E-state index contributed by atoms with van der Waals surface area (Å²) in [5.74, 6) is 0.794. The number of phenolic OH excluding ortho intramolecular Hbond substituents is 1. The summed E-state index contributed by atoms with van der Waals surface area (Å²) < 4.78 is 5.60. The molecule has 4 heteroatoms. The molecule has 0 bridgehead atoms. The summed E-state index contributed by atoms with van der Waals surface area (Å²) in [6.07, 6.45) is -0.552. The van der Waals surface area contributed by atoms with Crippen LogP contribution in [0.1, 0.15) is 24.2 Å². The van der Waals surface area contributed by atoms with Gasteiger partial charge in [0.2, 0.25) is 0 Å². The first-order chi connectivity index (χ1) is 9.06. The van der Waals surface area contributed by atoms with Gasteiger partial charge in [-0.2, -0.15) is 0 Å². The smallest absolute Gasteiger partial charge is 0.138 e. The highest BCUT2D eigenvalue weighted by Crippen LogP contribution is 2.28. The van der Waals surface area contributed by atoms with Crippen molar-refractivity contribution in [1.29, 1.82) is 0 Å². The van der Waals surface area contributed by atoms with Crippen LogP contribution in [0.2, 0.25) is 5.02 Å². The fourth-order valence-corrected chi connectivity index (χ4v) is 1.89. The van der Waals surface area contributed by atoms with Gasteiger partial charge < -0.3 is 14.9 Å². The number of halogens is 1. The maximum atomic E-state index is 9.45. The fourth-order valence-electron chi connectivity index (χ4n) is 1.65. The number of rotatable bonds is 4. The molecule has 1 atom stereocenters. The Labute approximate surface area is 117 Å². The summed E-state index contributed by atoms with van der Waals surface area (Å²) in [5.41, 5.74) is 1.69. The Bertz CT molecular complexity index is 550. The molecule has 0 heterocycles. The molecule has 3 nitrogen and oxygen atoms in total. The van der Waals surface area contributed by atoms with Crippen LogP contribution in [-0.4, -0.2) is 10.2 Å². The zero-order valence-electron chi connectivity index (χ0n) is 10.5. The largest absolute Gasteiger partial charge is 0.508 e. The van der Waals surface area contributed by atoms with Crippen molar-refractivity contribution in [1.82, 2.24) is 0 Å². The number of ether oxygens (including phenoxy) is 1. The van der Waals surface area contributed by atoms with Gasteiger partial charge in [-0.1, -0.05) is 29.8 Å². The lowest BCUT2D eigenvalue weighted by Gasteiger charge is -2.11. The first kappa shape index (κ1) is 13.7. The third-order valence-corrected chi connectivity index (χ3v) is 3.06. The molecule has 0 aromatic heterocycles. The molecule has 0 aliphatic carbocycles. The highest BCUT2D eigenvalue weighted by atomic mass is 35.5. The quantitative estimate of drug-likeness (QED) is 0.897. The molecule has 0 fully saturated rings. The van der Waals surface area contributed by atoms with Crippen LogP contribution in [0.25, 0.3) is 0 Å². The van der Waals surface area contributed by atoms with E-state index in [9.17, 15) is 10.2 Å². The van der Waals surface area contributed by atoms with Crippen molar-refractivity contribution in [3.05, 3.63) is 58.6 Å². The van der Waals surface area contributed by atoms with Gasteiger partial charge in [-0.15, -0.1) is 0 Å². The third-order valence-electron chi connectivity index (χ3n) is 2.77. The van der Waals surface area contributed by atoms with Gasteiger partial charge in [-0.25, -0.2) is 0 Å². The molecule has 19 heavy (non-hydrogen) atoms. The predicted molar refractivity (Wildman–Crippen MR) is 74.5 cm³/mol.